The molecule has 9 nitrogen and oxygen atoms in total. The molecule has 0 unspecified atom stereocenters. The van der Waals surface area contributed by atoms with E-state index >= 15 is 0 Å². The lowest BCUT2D eigenvalue weighted by atomic mass is 10.0. The Labute approximate surface area is 194 Å². The molecule has 0 amide bonds. The zero-order chi connectivity index (χ0) is 22.7. The van der Waals surface area contributed by atoms with Gasteiger partial charge in [-0.15, -0.1) is 11.3 Å². The Morgan fingerprint density at radius 1 is 1.10 bits per heavy atom. The summed E-state index contributed by atoms with van der Waals surface area (Å²) < 4.78 is 8.87. The average molecular weight is 473 g/mol. The van der Waals surface area contributed by atoms with Gasteiger partial charge in [-0.25, -0.2) is 4.79 Å². The number of Topliss-reactive ketones (excluding diaryl/α,β-unsaturated/α-hetero) is 1. The number of esters is 2. The Balaban J connectivity index is 0.000000479. The van der Waals surface area contributed by atoms with Crippen molar-refractivity contribution in [1.82, 2.24) is 9.80 Å². The van der Waals surface area contributed by atoms with E-state index in [0.717, 1.165) is 51.0 Å². The molecule has 2 aliphatic rings. The first-order valence-electron chi connectivity index (χ1n) is 9.54. The molecule has 0 radical (unpaired) electrons. The Morgan fingerprint density at radius 2 is 1.68 bits per heavy atom. The van der Waals surface area contributed by atoms with Crippen molar-refractivity contribution in [2.45, 2.75) is 32.2 Å². The number of nitrogen functional groups attached to an aromatic ring is 1. The van der Waals surface area contributed by atoms with E-state index in [2.05, 4.69) is 21.6 Å². The minimum atomic E-state index is -0.484. The summed E-state index contributed by atoms with van der Waals surface area (Å²) in [5.74, 6) is -0.375. The number of carbonyl (C=O) groups excluding carboxylic acids is 3. The first-order chi connectivity index (χ1) is 14.2. The highest BCUT2D eigenvalue weighted by atomic mass is 32.1. The lowest BCUT2D eigenvalue weighted by Gasteiger charge is -2.22. The van der Waals surface area contributed by atoms with Crippen LogP contribution in [0.3, 0.4) is 0 Å². The average Bonchev–Trinajstić information content (AvgIpc) is 3.05. The van der Waals surface area contributed by atoms with Gasteiger partial charge in [0.2, 0.25) is 0 Å². The third-order valence-electron chi connectivity index (χ3n) is 4.66. The van der Waals surface area contributed by atoms with E-state index in [-0.39, 0.29) is 25.9 Å². The largest absolute Gasteiger partial charge is 0.468 e. The van der Waals surface area contributed by atoms with Crippen LogP contribution in [0.15, 0.2) is 0 Å². The van der Waals surface area contributed by atoms with Crippen LogP contribution in [0.25, 0.3) is 0 Å². The van der Waals surface area contributed by atoms with Crippen LogP contribution in [-0.4, -0.2) is 75.5 Å². The van der Waals surface area contributed by atoms with Gasteiger partial charge in [0, 0.05) is 43.9 Å². The van der Waals surface area contributed by atoms with Gasteiger partial charge in [0.25, 0.3) is 0 Å². The number of hydrogen-bond acceptors (Lipinski definition) is 10. The summed E-state index contributed by atoms with van der Waals surface area (Å²) in [4.78, 5) is 37.7. The van der Waals surface area contributed by atoms with Crippen LogP contribution in [0.4, 0.5) is 5.00 Å². The SMILES string of the molecule is CN1CCC(=O)CC1.COC(=O)CC#N.COC(=O)c1c(N)sc2c1CCN(C)C2.S. The van der Waals surface area contributed by atoms with Gasteiger partial charge in [0.15, 0.2) is 0 Å². The fourth-order valence-electron chi connectivity index (χ4n) is 2.88. The zero-order valence-corrected chi connectivity index (χ0v) is 20.3. The smallest absolute Gasteiger partial charge is 0.341 e. The van der Waals surface area contributed by atoms with Crippen LogP contribution >= 0.6 is 24.8 Å². The van der Waals surface area contributed by atoms with Gasteiger partial charge in [-0.1, -0.05) is 0 Å². The van der Waals surface area contributed by atoms with Crippen molar-refractivity contribution >= 4 is 47.6 Å². The molecule has 11 heteroatoms. The number of ketones is 1. The second kappa shape index (κ2) is 14.8. The van der Waals surface area contributed by atoms with Gasteiger partial charge >= 0.3 is 11.9 Å². The summed E-state index contributed by atoms with van der Waals surface area (Å²) in [7, 11) is 6.75. The fraction of sp³-hybridized carbons (Fsp3) is 0.600. The van der Waals surface area contributed by atoms with Crippen molar-refractivity contribution in [3.8, 4) is 6.07 Å². The number of likely N-dealkylation sites (tertiary alicyclic amines) is 1. The molecule has 0 atom stereocenters. The molecule has 0 bridgehead atoms. The molecule has 174 valence electrons. The van der Waals surface area contributed by atoms with Crippen molar-refractivity contribution in [2.24, 2.45) is 0 Å². The molecule has 0 aromatic carbocycles. The van der Waals surface area contributed by atoms with Crippen molar-refractivity contribution in [2.75, 3.05) is 53.7 Å². The summed E-state index contributed by atoms with van der Waals surface area (Å²) in [6, 6.07) is 1.64. The molecule has 3 heterocycles. The van der Waals surface area contributed by atoms with E-state index in [4.69, 9.17) is 15.7 Å². The number of nitrogens with zero attached hydrogens (tertiary/aromatic N) is 3. The number of rotatable bonds is 2. The molecule has 0 spiro atoms. The highest BCUT2D eigenvalue weighted by Gasteiger charge is 2.26. The molecule has 1 aromatic heterocycles. The van der Waals surface area contributed by atoms with Gasteiger partial charge < -0.3 is 25.0 Å². The lowest BCUT2D eigenvalue weighted by Crippen LogP contribution is -2.29. The summed E-state index contributed by atoms with van der Waals surface area (Å²) in [5.41, 5.74) is 7.52. The van der Waals surface area contributed by atoms with E-state index in [1.54, 1.807) is 6.07 Å². The van der Waals surface area contributed by atoms with Gasteiger partial charge in [-0.3, -0.25) is 9.59 Å². The summed E-state index contributed by atoms with van der Waals surface area (Å²) >= 11 is 1.50. The van der Waals surface area contributed by atoms with Crippen LogP contribution in [0.1, 0.15) is 40.1 Å². The summed E-state index contributed by atoms with van der Waals surface area (Å²) in [6.45, 7) is 3.76. The minimum absolute atomic E-state index is 0. The lowest BCUT2D eigenvalue weighted by molar-refractivity contribution is -0.139. The molecule has 1 fully saturated rings. The van der Waals surface area contributed by atoms with E-state index in [1.165, 1.54) is 30.4 Å². The van der Waals surface area contributed by atoms with Crippen LogP contribution in [0, 0.1) is 11.3 Å². The maximum Gasteiger partial charge on any atom is 0.341 e. The Bertz CT molecular complexity index is 781. The van der Waals surface area contributed by atoms with Crippen LogP contribution in [0.5, 0.6) is 0 Å². The maximum atomic E-state index is 11.5. The standard InChI is InChI=1S/C10H14N2O2S.C6H11NO.C4H5NO2.H2S/c1-12-4-3-6-7(5-12)15-9(11)8(6)10(13)14-2;1-7-4-2-6(8)3-5-7;1-7-4(6)2-3-5;/h3-5,11H2,1-2H3;2-5H2,1H3;2H2,1H3;1H2. The molecule has 31 heavy (non-hydrogen) atoms. The molecule has 0 aliphatic carbocycles. The van der Waals surface area contributed by atoms with Crippen LogP contribution < -0.4 is 5.73 Å². The number of likely N-dealkylation sites (N-methyl/N-ethyl adjacent to an activating group) is 1. The molecule has 0 saturated carbocycles. The number of thiophene rings is 1. The third-order valence-corrected chi connectivity index (χ3v) is 5.71. The van der Waals surface area contributed by atoms with Crippen molar-refractivity contribution in [3.05, 3.63) is 16.0 Å². The number of ether oxygens (including phenoxy) is 2. The Kier molecular flexibility index (Phi) is 13.8. The second-order valence-electron chi connectivity index (χ2n) is 6.98. The summed E-state index contributed by atoms with van der Waals surface area (Å²) in [5, 5.41) is 8.40. The molecule has 1 saturated heterocycles. The molecule has 3 rings (SSSR count). The van der Waals surface area contributed by atoms with Gasteiger partial charge in [0.1, 0.15) is 17.2 Å². The number of nitrogens with two attached hydrogens (primary N) is 1. The van der Waals surface area contributed by atoms with Gasteiger partial charge in [-0.05, 0) is 26.1 Å². The number of nitriles is 1. The maximum absolute atomic E-state index is 11.5. The van der Waals surface area contributed by atoms with E-state index in [0.29, 0.717) is 16.3 Å². The first-order valence-corrected chi connectivity index (χ1v) is 10.4. The van der Waals surface area contributed by atoms with Crippen molar-refractivity contribution < 1.29 is 23.9 Å². The van der Waals surface area contributed by atoms with Crippen molar-refractivity contribution in [1.29, 1.82) is 5.26 Å². The minimum Gasteiger partial charge on any atom is -0.468 e. The van der Waals surface area contributed by atoms with Crippen LogP contribution in [-0.2, 0) is 32.0 Å². The number of piperidine rings is 1. The molecule has 2 aliphatic heterocycles. The van der Waals surface area contributed by atoms with Gasteiger partial charge in [-0.2, -0.15) is 18.8 Å². The Morgan fingerprint density at radius 3 is 2.13 bits per heavy atom. The van der Waals surface area contributed by atoms with Gasteiger partial charge in [0.05, 0.1) is 25.9 Å². The third kappa shape index (κ3) is 9.69. The summed E-state index contributed by atoms with van der Waals surface area (Å²) in [6.07, 6.45) is 2.24. The second-order valence-corrected chi connectivity index (χ2v) is 8.11. The molecule has 1 aromatic rings. The zero-order valence-electron chi connectivity index (χ0n) is 18.5. The van der Waals surface area contributed by atoms with E-state index in [1.807, 2.05) is 7.05 Å². The number of anilines is 1. The number of methoxy groups -OCH3 is 2. The molecular formula is C20H32N4O5S2. The molecule has 2 N–H and O–H groups in total. The molecular weight excluding hydrogens is 440 g/mol. The van der Waals surface area contributed by atoms with E-state index in [9.17, 15) is 14.4 Å². The van der Waals surface area contributed by atoms with E-state index < -0.39 is 5.97 Å². The topological polar surface area (TPSA) is 126 Å². The predicted octanol–water partition coefficient (Wildman–Crippen LogP) is 1.57. The number of carbonyl (C=O) groups is 3. The number of hydrogen-bond donors (Lipinski definition) is 1. The monoisotopic (exact) mass is 472 g/mol. The van der Waals surface area contributed by atoms with Crippen molar-refractivity contribution in [3.63, 3.8) is 0 Å². The predicted molar refractivity (Wildman–Crippen MR) is 124 cm³/mol. The Hall–Kier alpha value is -2.13. The van der Waals surface area contributed by atoms with Crippen LogP contribution in [0.2, 0.25) is 0 Å². The highest BCUT2D eigenvalue weighted by molar-refractivity contribution is 7.59. The fourth-order valence-corrected chi connectivity index (χ4v) is 4.07. The first kappa shape index (κ1) is 28.9. The highest BCUT2D eigenvalue weighted by Crippen LogP contribution is 2.35. The normalized spacial score (nSPS) is 15.5. The quantitative estimate of drug-likeness (QED) is 0.638. The number of fused-ring (bicyclic) bond motifs is 1.